The molecule has 0 aromatic heterocycles. The van der Waals surface area contributed by atoms with Crippen LogP contribution in [0.1, 0.15) is 39.0 Å². The average Bonchev–Trinajstić information content (AvgIpc) is 2.47. The van der Waals surface area contributed by atoms with Crippen molar-refractivity contribution in [3.8, 4) is 0 Å². The monoisotopic (exact) mass is 280 g/mol. The summed E-state index contributed by atoms with van der Waals surface area (Å²) < 4.78 is 0. The van der Waals surface area contributed by atoms with Crippen LogP contribution in [0, 0.1) is 0 Å². The van der Waals surface area contributed by atoms with Gasteiger partial charge in [0.25, 0.3) is 0 Å². The number of likely N-dealkylation sites (tertiary alicyclic amines) is 1. The zero-order chi connectivity index (χ0) is 13.9. The van der Waals surface area contributed by atoms with Crippen LogP contribution in [0.4, 0.5) is 0 Å². The van der Waals surface area contributed by atoms with E-state index in [0.29, 0.717) is 6.04 Å². The third kappa shape index (κ3) is 3.53. The summed E-state index contributed by atoms with van der Waals surface area (Å²) in [5.41, 5.74) is 5.99. The molecule has 4 heteroatoms. The molecule has 3 saturated heterocycles. The molecule has 0 bridgehead atoms. The normalized spacial score (nSPS) is 35.1. The van der Waals surface area contributed by atoms with Gasteiger partial charge in [-0.3, -0.25) is 9.80 Å². The number of hydrogen-bond acceptors (Lipinski definition) is 4. The van der Waals surface area contributed by atoms with Gasteiger partial charge in [0.05, 0.1) is 0 Å². The van der Waals surface area contributed by atoms with E-state index in [0.717, 1.165) is 12.1 Å². The van der Waals surface area contributed by atoms with Crippen LogP contribution >= 0.6 is 0 Å². The van der Waals surface area contributed by atoms with Crippen molar-refractivity contribution in [3.63, 3.8) is 0 Å². The molecule has 0 spiro atoms. The van der Waals surface area contributed by atoms with E-state index in [4.69, 9.17) is 5.73 Å². The maximum atomic E-state index is 5.99. The van der Waals surface area contributed by atoms with Crippen molar-refractivity contribution in [2.24, 2.45) is 5.73 Å². The molecule has 0 radical (unpaired) electrons. The van der Waals surface area contributed by atoms with Gasteiger partial charge in [-0.25, -0.2) is 0 Å². The Bertz CT molecular complexity index is 301. The first-order valence-electron chi connectivity index (χ1n) is 8.68. The van der Waals surface area contributed by atoms with Crippen LogP contribution in [0.15, 0.2) is 0 Å². The molecule has 3 heterocycles. The summed E-state index contributed by atoms with van der Waals surface area (Å²) in [5, 5.41) is 0. The molecule has 3 fully saturated rings. The molecule has 3 aliphatic heterocycles. The molecule has 20 heavy (non-hydrogen) atoms. The minimum absolute atomic E-state index is 0.455. The number of nitrogens with zero attached hydrogens (tertiary/aromatic N) is 3. The molecule has 0 aromatic rings. The molecule has 2 unspecified atom stereocenters. The lowest BCUT2D eigenvalue weighted by Crippen LogP contribution is -2.59. The number of rotatable bonds is 3. The minimum Gasteiger partial charge on any atom is -0.328 e. The fourth-order valence-electron chi connectivity index (χ4n) is 4.17. The molecule has 116 valence electrons. The number of hydrogen-bond donors (Lipinski definition) is 1. The van der Waals surface area contributed by atoms with Crippen molar-refractivity contribution in [2.45, 2.75) is 57.2 Å². The summed E-state index contributed by atoms with van der Waals surface area (Å²) in [7, 11) is 0. The lowest BCUT2D eigenvalue weighted by molar-refractivity contribution is 0.00993. The summed E-state index contributed by atoms with van der Waals surface area (Å²) >= 11 is 0. The zero-order valence-corrected chi connectivity index (χ0v) is 13.1. The van der Waals surface area contributed by atoms with Crippen LogP contribution in [0.2, 0.25) is 0 Å². The lowest BCUT2D eigenvalue weighted by atomic mass is 9.97. The first-order chi connectivity index (χ1) is 9.72. The molecule has 2 atom stereocenters. The Morgan fingerprint density at radius 3 is 2.55 bits per heavy atom. The number of piperazine rings is 1. The van der Waals surface area contributed by atoms with Crippen molar-refractivity contribution in [1.82, 2.24) is 14.7 Å². The average molecular weight is 280 g/mol. The third-order valence-corrected chi connectivity index (χ3v) is 5.65. The van der Waals surface area contributed by atoms with Crippen molar-refractivity contribution in [2.75, 3.05) is 45.8 Å². The second-order valence-corrected chi connectivity index (χ2v) is 7.17. The summed E-state index contributed by atoms with van der Waals surface area (Å²) in [6, 6.07) is 2.03. The van der Waals surface area contributed by atoms with E-state index in [1.54, 1.807) is 0 Å². The molecule has 2 N–H and O–H groups in total. The van der Waals surface area contributed by atoms with Crippen LogP contribution in [-0.2, 0) is 0 Å². The zero-order valence-electron chi connectivity index (χ0n) is 13.1. The Balaban J connectivity index is 1.45. The van der Waals surface area contributed by atoms with Gasteiger partial charge in [0.2, 0.25) is 0 Å². The molecule has 0 amide bonds. The van der Waals surface area contributed by atoms with Gasteiger partial charge in [0, 0.05) is 44.3 Å². The SMILES string of the molecule is CC1CN2CCCCC2CN1CCN1CCC(N)CC1. The lowest BCUT2D eigenvalue weighted by Gasteiger charge is -2.48. The van der Waals surface area contributed by atoms with Crippen LogP contribution < -0.4 is 5.73 Å². The fourth-order valence-corrected chi connectivity index (χ4v) is 4.17. The molecule has 0 aliphatic carbocycles. The Labute approximate surface area is 124 Å². The maximum Gasteiger partial charge on any atom is 0.0223 e. The van der Waals surface area contributed by atoms with Crippen molar-refractivity contribution < 1.29 is 0 Å². The number of nitrogens with two attached hydrogens (primary N) is 1. The van der Waals surface area contributed by atoms with E-state index >= 15 is 0 Å². The summed E-state index contributed by atoms with van der Waals surface area (Å²) in [6.45, 7) is 11.2. The predicted molar refractivity (Wildman–Crippen MR) is 83.9 cm³/mol. The van der Waals surface area contributed by atoms with Gasteiger partial charge < -0.3 is 10.6 Å². The van der Waals surface area contributed by atoms with Crippen LogP contribution in [-0.4, -0.2) is 78.6 Å². The highest BCUT2D eigenvalue weighted by Gasteiger charge is 2.32. The van der Waals surface area contributed by atoms with Gasteiger partial charge >= 0.3 is 0 Å². The van der Waals surface area contributed by atoms with Gasteiger partial charge in [0.1, 0.15) is 0 Å². The molecule has 0 saturated carbocycles. The van der Waals surface area contributed by atoms with Gasteiger partial charge in [-0.05, 0) is 52.2 Å². The van der Waals surface area contributed by atoms with E-state index in [1.165, 1.54) is 77.9 Å². The molecule has 4 nitrogen and oxygen atoms in total. The van der Waals surface area contributed by atoms with Gasteiger partial charge in [-0.1, -0.05) is 6.42 Å². The summed E-state index contributed by atoms with van der Waals surface area (Å²) in [6.07, 6.45) is 6.64. The van der Waals surface area contributed by atoms with E-state index in [9.17, 15) is 0 Å². The summed E-state index contributed by atoms with van der Waals surface area (Å²) in [4.78, 5) is 8.09. The largest absolute Gasteiger partial charge is 0.328 e. The Hall–Kier alpha value is -0.160. The number of piperidine rings is 2. The highest BCUT2D eigenvalue weighted by molar-refractivity contribution is 4.89. The predicted octanol–water partition coefficient (Wildman–Crippen LogP) is 0.968. The van der Waals surface area contributed by atoms with Gasteiger partial charge in [0.15, 0.2) is 0 Å². The van der Waals surface area contributed by atoms with Crippen LogP contribution in [0.3, 0.4) is 0 Å². The first-order valence-corrected chi connectivity index (χ1v) is 8.68. The minimum atomic E-state index is 0.455. The highest BCUT2D eigenvalue weighted by atomic mass is 15.3. The quantitative estimate of drug-likeness (QED) is 0.835. The van der Waals surface area contributed by atoms with Crippen molar-refractivity contribution >= 4 is 0 Å². The molecule has 0 aromatic carbocycles. The van der Waals surface area contributed by atoms with Crippen LogP contribution in [0.5, 0.6) is 0 Å². The van der Waals surface area contributed by atoms with Crippen molar-refractivity contribution in [1.29, 1.82) is 0 Å². The van der Waals surface area contributed by atoms with Gasteiger partial charge in [-0.15, -0.1) is 0 Å². The molecule has 3 rings (SSSR count). The first kappa shape index (κ1) is 14.8. The number of fused-ring (bicyclic) bond motifs is 1. The smallest absolute Gasteiger partial charge is 0.0223 e. The van der Waals surface area contributed by atoms with Crippen LogP contribution in [0.25, 0.3) is 0 Å². The third-order valence-electron chi connectivity index (χ3n) is 5.65. The Morgan fingerprint density at radius 2 is 1.75 bits per heavy atom. The Kier molecular flexibility index (Phi) is 4.97. The fraction of sp³-hybridized carbons (Fsp3) is 1.00. The second kappa shape index (κ2) is 6.73. The highest BCUT2D eigenvalue weighted by Crippen LogP contribution is 2.23. The molecule has 3 aliphatic rings. The summed E-state index contributed by atoms with van der Waals surface area (Å²) in [5.74, 6) is 0. The molecular formula is C16H32N4. The Morgan fingerprint density at radius 1 is 0.950 bits per heavy atom. The topological polar surface area (TPSA) is 35.7 Å². The van der Waals surface area contributed by atoms with Gasteiger partial charge in [-0.2, -0.15) is 0 Å². The standard InChI is InChI=1S/C16H32N4/c1-14-12-20-7-3-2-4-16(20)13-19(14)11-10-18-8-5-15(17)6-9-18/h14-16H,2-13,17H2,1H3. The van der Waals surface area contributed by atoms with E-state index < -0.39 is 0 Å². The van der Waals surface area contributed by atoms with E-state index in [2.05, 4.69) is 21.6 Å². The van der Waals surface area contributed by atoms with E-state index in [1.807, 2.05) is 0 Å². The second-order valence-electron chi connectivity index (χ2n) is 7.17. The van der Waals surface area contributed by atoms with Crippen molar-refractivity contribution in [3.05, 3.63) is 0 Å². The molecular weight excluding hydrogens is 248 g/mol. The van der Waals surface area contributed by atoms with E-state index in [-0.39, 0.29) is 0 Å². The maximum absolute atomic E-state index is 5.99.